The maximum absolute atomic E-state index is 13.9. The fraction of sp³-hybridized carbons (Fsp3) is 0.316. The van der Waals surface area contributed by atoms with Gasteiger partial charge in [-0.3, -0.25) is 0 Å². The number of rotatable bonds is 4. The zero-order chi connectivity index (χ0) is 16.8. The highest BCUT2D eigenvalue weighted by Crippen LogP contribution is 2.22. The normalized spacial score (nSPS) is 17.4. The average molecular weight is 328 g/mol. The maximum Gasteiger partial charge on any atom is 0.407 e. The Morgan fingerprint density at radius 1 is 1.17 bits per heavy atom. The lowest BCUT2D eigenvalue weighted by atomic mass is 10.0. The minimum atomic E-state index is -0.431. The number of carbonyl (C=O) groups excluding carboxylic acids is 1. The number of nitrogens with zero attached hydrogens (tertiary/aromatic N) is 1. The van der Waals surface area contributed by atoms with E-state index in [1.54, 1.807) is 12.1 Å². The van der Waals surface area contributed by atoms with Crippen LogP contribution in [0.25, 0.3) is 0 Å². The summed E-state index contributed by atoms with van der Waals surface area (Å²) in [4.78, 5) is 13.9. The Bertz CT molecular complexity index is 678. The van der Waals surface area contributed by atoms with Crippen molar-refractivity contribution in [2.24, 2.45) is 0 Å². The number of halogens is 1. The van der Waals surface area contributed by atoms with Crippen molar-refractivity contribution in [1.29, 1.82) is 0 Å². The van der Waals surface area contributed by atoms with Gasteiger partial charge in [-0.2, -0.15) is 0 Å². The molecule has 1 atom stereocenters. The van der Waals surface area contributed by atoms with Gasteiger partial charge in [0.15, 0.2) is 0 Å². The highest BCUT2D eigenvalue weighted by Gasteiger charge is 2.23. The molecule has 0 radical (unpaired) electrons. The molecule has 1 N–H and O–H groups in total. The summed E-state index contributed by atoms with van der Waals surface area (Å²) in [6, 6.07) is 16.2. The molecule has 1 aliphatic heterocycles. The number of benzene rings is 2. The van der Waals surface area contributed by atoms with Crippen LogP contribution < -0.4 is 10.2 Å². The number of piperidine rings is 1. The van der Waals surface area contributed by atoms with Crippen LogP contribution in [0.15, 0.2) is 54.6 Å². The maximum atomic E-state index is 13.9. The number of carbonyl (C=O) groups is 1. The van der Waals surface area contributed by atoms with Crippen LogP contribution in [0.1, 0.15) is 18.4 Å². The smallest absolute Gasteiger partial charge is 0.407 e. The number of para-hydroxylation sites is 1. The SMILES string of the molecule is O=C(NC1CCCN(c2ccccc2F)C1)OCc1ccccc1. The first kappa shape index (κ1) is 16.3. The largest absolute Gasteiger partial charge is 0.445 e. The standard InChI is InChI=1S/C19H21FN2O2/c20-17-10-4-5-11-18(17)22-12-6-9-16(13-22)21-19(23)24-14-15-7-2-1-3-8-15/h1-5,7-8,10-11,16H,6,9,12-14H2,(H,21,23). The number of nitrogens with one attached hydrogen (secondary N) is 1. The molecule has 0 aliphatic carbocycles. The van der Waals surface area contributed by atoms with E-state index in [2.05, 4.69) is 5.32 Å². The molecule has 126 valence electrons. The van der Waals surface area contributed by atoms with Crippen molar-refractivity contribution in [2.45, 2.75) is 25.5 Å². The molecule has 4 nitrogen and oxygen atoms in total. The zero-order valence-corrected chi connectivity index (χ0v) is 13.5. The molecular weight excluding hydrogens is 307 g/mol. The summed E-state index contributed by atoms with van der Waals surface area (Å²) in [6.07, 6.45) is 1.34. The van der Waals surface area contributed by atoms with Crippen molar-refractivity contribution in [1.82, 2.24) is 5.32 Å². The Labute approximate surface area is 141 Å². The minimum Gasteiger partial charge on any atom is -0.445 e. The molecule has 0 spiro atoms. The van der Waals surface area contributed by atoms with Crippen LogP contribution in [0.2, 0.25) is 0 Å². The number of alkyl carbamates (subject to hydrolysis) is 1. The third kappa shape index (κ3) is 4.25. The van der Waals surface area contributed by atoms with Gasteiger partial charge < -0.3 is 15.0 Å². The first-order valence-electron chi connectivity index (χ1n) is 8.19. The zero-order valence-electron chi connectivity index (χ0n) is 13.5. The van der Waals surface area contributed by atoms with Crippen molar-refractivity contribution in [3.8, 4) is 0 Å². The van der Waals surface area contributed by atoms with E-state index in [0.29, 0.717) is 12.2 Å². The molecule has 1 amide bonds. The molecule has 2 aromatic carbocycles. The van der Waals surface area contributed by atoms with Gasteiger partial charge >= 0.3 is 6.09 Å². The first-order chi connectivity index (χ1) is 11.7. The number of hydrogen-bond donors (Lipinski definition) is 1. The molecule has 1 saturated heterocycles. The molecule has 0 saturated carbocycles. The molecule has 1 heterocycles. The summed E-state index contributed by atoms with van der Waals surface area (Å²) in [7, 11) is 0. The van der Waals surface area contributed by atoms with E-state index in [1.807, 2.05) is 41.3 Å². The van der Waals surface area contributed by atoms with Gasteiger partial charge in [-0.25, -0.2) is 9.18 Å². The molecule has 1 aliphatic rings. The predicted molar refractivity (Wildman–Crippen MR) is 91.4 cm³/mol. The third-order valence-corrected chi connectivity index (χ3v) is 4.15. The lowest BCUT2D eigenvalue weighted by Crippen LogP contribution is -2.48. The van der Waals surface area contributed by atoms with E-state index < -0.39 is 6.09 Å². The first-order valence-corrected chi connectivity index (χ1v) is 8.19. The van der Waals surface area contributed by atoms with Gasteiger partial charge in [0.2, 0.25) is 0 Å². The Morgan fingerprint density at radius 2 is 1.92 bits per heavy atom. The van der Waals surface area contributed by atoms with Crippen molar-refractivity contribution in [2.75, 3.05) is 18.0 Å². The van der Waals surface area contributed by atoms with Gasteiger partial charge in [-0.05, 0) is 30.5 Å². The lowest BCUT2D eigenvalue weighted by molar-refractivity contribution is 0.134. The highest BCUT2D eigenvalue weighted by molar-refractivity contribution is 5.67. The topological polar surface area (TPSA) is 41.6 Å². The molecule has 5 heteroatoms. The second-order valence-electron chi connectivity index (χ2n) is 5.94. The molecule has 1 fully saturated rings. The summed E-state index contributed by atoms with van der Waals surface area (Å²) in [5, 5.41) is 2.88. The van der Waals surface area contributed by atoms with Gasteiger partial charge in [0.25, 0.3) is 0 Å². The van der Waals surface area contributed by atoms with Crippen molar-refractivity contribution in [3.05, 3.63) is 66.0 Å². The van der Waals surface area contributed by atoms with Crippen LogP contribution >= 0.6 is 0 Å². The Balaban J connectivity index is 1.52. The van der Waals surface area contributed by atoms with Gasteiger partial charge in [-0.1, -0.05) is 42.5 Å². The van der Waals surface area contributed by atoms with E-state index in [4.69, 9.17) is 4.74 Å². The summed E-state index contributed by atoms with van der Waals surface area (Å²) in [5.74, 6) is -0.232. The molecule has 3 rings (SSSR count). The molecule has 0 bridgehead atoms. The van der Waals surface area contributed by atoms with Crippen molar-refractivity contribution in [3.63, 3.8) is 0 Å². The molecule has 24 heavy (non-hydrogen) atoms. The fourth-order valence-corrected chi connectivity index (χ4v) is 2.95. The Hall–Kier alpha value is -2.56. The number of anilines is 1. The fourth-order valence-electron chi connectivity index (χ4n) is 2.95. The van der Waals surface area contributed by atoms with Gasteiger partial charge in [-0.15, -0.1) is 0 Å². The van der Waals surface area contributed by atoms with E-state index >= 15 is 0 Å². The van der Waals surface area contributed by atoms with Crippen LogP contribution in [0.4, 0.5) is 14.9 Å². The monoisotopic (exact) mass is 328 g/mol. The van der Waals surface area contributed by atoms with Gasteiger partial charge in [0, 0.05) is 19.1 Å². The highest BCUT2D eigenvalue weighted by atomic mass is 19.1. The Kier molecular flexibility index (Phi) is 5.31. The average Bonchev–Trinajstić information content (AvgIpc) is 2.61. The molecule has 1 unspecified atom stereocenters. The van der Waals surface area contributed by atoms with Crippen molar-refractivity contribution < 1.29 is 13.9 Å². The summed E-state index contributed by atoms with van der Waals surface area (Å²) < 4.78 is 19.2. The molecule has 2 aromatic rings. The van der Waals surface area contributed by atoms with Crippen LogP contribution in [-0.4, -0.2) is 25.2 Å². The second-order valence-corrected chi connectivity index (χ2v) is 5.94. The summed E-state index contributed by atoms with van der Waals surface area (Å²) in [6.45, 7) is 1.62. The summed E-state index contributed by atoms with van der Waals surface area (Å²) >= 11 is 0. The van der Waals surface area contributed by atoms with Gasteiger partial charge in [0.05, 0.1) is 5.69 Å². The molecule has 0 aromatic heterocycles. The van der Waals surface area contributed by atoms with E-state index in [-0.39, 0.29) is 18.5 Å². The van der Waals surface area contributed by atoms with Gasteiger partial charge in [0.1, 0.15) is 12.4 Å². The minimum absolute atomic E-state index is 0.0402. The number of amides is 1. The number of ether oxygens (including phenoxy) is 1. The predicted octanol–water partition coefficient (Wildman–Crippen LogP) is 3.72. The molecular formula is C19H21FN2O2. The van der Waals surface area contributed by atoms with Crippen LogP contribution in [0.3, 0.4) is 0 Å². The van der Waals surface area contributed by atoms with E-state index in [1.165, 1.54) is 6.07 Å². The quantitative estimate of drug-likeness (QED) is 0.930. The van der Waals surface area contributed by atoms with E-state index in [0.717, 1.165) is 24.9 Å². The van der Waals surface area contributed by atoms with Crippen molar-refractivity contribution >= 4 is 11.8 Å². The van der Waals surface area contributed by atoms with Crippen LogP contribution in [-0.2, 0) is 11.3 Å². The second kappa shape index (κ2) is 7.81. The third-order valence-electron chi connectivity index (χ3n) is 4.15. The van der Waals surface area contributed by atoms with Crippen LogP contribution in [0.5, 0.6) is 0 Å². The number of hydrogen-bond acceptors (Lipinski definition) is 3. The summed E-state index contributed by atoms with van der Waals surface area (Å²) in [5.41, 5.74) is 1.53. The Morgan fingerprint density at radius 3 is 2.71 bits per heavy atom. The lowest BCUT2D eigenvalue weighted by Gasteiger charge is -2.34. The van der Waals surface area contributed by atoms with E-state index in [9.17, 15) is 9.18 Å². The van der Waals surface area contributed by atoms with Crippen LogP contribution in [0, 0.1) is 5.82 Å².